The maximum atomic E-state index is 4.46. The Labute approximate surface area is 372 Å². The number of rotatable bonds is 7. The van der Waals surface area contributed by atoms with Crippen LogP contribution in [-0.2, 0) is 12.8 Å². The smallest absolute Gasteiger partial charge is 0.0541 e. The van der Waals surface area contributed by atoms with E-state index in [0.717, 1.165) is 32.1 Å². The third kappa shape index (κ3) is 7.90. The molecule has 1 unspecified atom stereocenters. The first-order valence-electron chi connectivity index (χ1n) is 23.4. The first-order chi connectivity index (χ1) is 30.3. The van der Waals surface area contributed by atoms with E-state index >= 15 is 0 Å². The number of para-hydroxylation sites is 2. The van der Waals surface area contributed by atoms with E-state index in [4.69, 9.17) is 0 Å². The highest BCUT2D eigenvalue weighted by Crippen LogP contribution is 2.44. The Morgan fingerprint density at radius 1 is 0.661 bits per heavy atom. The predicted molar refractivity (Wildman–Crippen MR) is 273 cm³/mol. The van der Waals surface area contributed by atoms with E-state index in [1.807, 2.05) is 0 Å². The minimum absolute atomic E-state index is 0.480. The molecule has 1 atom stereocenters. The molecule has 6 aromatic rings. The molecule has 0 radical (unpaired) electrons. The molecule has 0 aliphatic heterocycles. The van der Waals surface area contributed by atoms with Crippen LogP contribution < -0.4 is 0 Å². The van der Waals surface area contributed by atoms with Crippen LogP contribution in [0.4, 0.5) is 0 Å². The van der Waals surface area contributed by atoms with Gasteiger partial charge in [0.1, 0.15) is 0 Å². The van der Waals surface area contributed by atoms with Crippen LogP contribution in [0.5, 0.6) is 0 Å². The minimum atomic E-state index is 0.480. The van der Waals surface area contributed by atoms with Crippen molar-refractivity contribution >= 4 is 62.6 Å². The molecule has 2 aliphatic rings. The number of benzene rings is 4. The van der Waals surface area contributed by atoms with Crippen molar-refractivity contribution in [2.75, 3.05) is 0 Å². The summed E-state index contributed by atoms with van der Waals surface area (Å²) in [5, 5.41) is 2.58. The lowest BCUT2D eigenvalue weighted by atomic mass is 9.79. The predicted octanol–water partition coefficient (Wildman–Crippen LogP) is 17.2. The molecule has 0 spiro atoms. The highest BCUT2D eigenvalue weighted by Gasteiger charge is 2.28. The van der Waals surface area contributed by atoms with Crippen LogP contribution in [0.25, 0.3) is 62.6 Å². The monoisotopic (exact) mass is 815 g/mol. The molecule has 0 fully saturated rings. The van der Waals surface area contributed by atoms with Crippen molar-refractivity contribution in [3.8, 4) is 0 Å². The van der Waals surface area contributed by atoms with Crippen LogP contribution in [0.1, 0.15) is 144 Å². The second-order valence-electron chi connectivity index (χ2n) is 17.8. The highest BCUT2D eigenvalue weighted by atomic mass is 15.0. The summed E-state index contributed by atoms with van der Waals surface area (Å²) in [6, 6.07) is 36.6. The van der Waals surface area contributed by atoms with Gasteiger partial charge in [0.05, 0.1) is 16.7 Å². The zero-order chi connectivity index (χ0) is 43.3. The van der Waals surface area contributed by atoms with Gasteiger partial charge in [0.25, 0.3) is 0 Å². The normalized spacial score (nSPS) is 19.6. The number of hydrogen-bond acceptors (Lipinski definition) is 0. The Bertz CT molecular complexity index is 2760. The van der Waals surface area contributed by atoms with E-state index in [2.05, 4.69) is 204 Å². The summed E-state index contributed by atoms with van der Waals surface area (Å²) in [4.78, 5) is 0. The molecule has 2 heterocycles. The third-order valence-corrected chi connectivity index (χ3v) is 14.0. The van der Waals surface area contributed by atoms with Crippen molar-refractivity contribution in [3.05, 3.63) is 184 Å². The molecule has 8 rings (SSSR count). The van der Waals surface area contributed by atoms with E-state index in [9.17, 15) is 0 Å². The molecule has 0 bridgehead atoms. The Kier molecular flexibility index (Phi) is 13.1. The highest BCUT2D eigenvalue weighted by molar-refractivity contribution is 6.11. The summed E-state index contributed by atoms with van der Waals surface area (Å²) in [6.45, 7) is 20.8. The van der Waals surface area contributed by atoms with Crippen LogP contribution in [0.2, 0.25) is 0 Å². The van der Waals surface area contributed by atoms with Crippen molar-refractivity contribution in [3.63, 3.8) is 0 Å². The fourth-order valence-corrected chi connectivity index (χ4v) is 11.0. The van der Waals surface area contributed by atoms with Gasteiger partial charge in [-0.1, -0.05) is 155 Å². The lowest BCUT2D eigenvalue weighted by molar-refractivity contribution is 0.444. The lowest BCUT2D eigenvalue weighted by Gasteiger charge is -2.28. The summed E-state index contributed by atoms with van der Waals surface area (Å²) in [5.74, 6) is 1.02. The summed E-state index contributed by atoms with van der Waals surface area (Å²) in [5.41, 5.74) is 21.4. The van der Waals surface area contributed by atoms with Crippen molar-refractivity contribution in [1.29, 1.82) is 0 Å². The number of nitrogens with zero attached hydrogens (tertiary/aromatic N) is 2. The maximum absolute atomic E-state index is 4.46. The molecule has 4 aromatic carbocycles. The maximum Gasteiger partial charge on any atom is 0.0541 e. The second kappa shape index (κ2) is 19.0. The average Bonchev–Trinajstić information content (AvgIpc) is 3.80. The fourth-order valence-electron chi connectivity index (χ4n) is 11.0. The van der Waals surface area contributed by atoms with E-state index in [0.29, 0.717) is 11.8 Å². The van der Waals surface area contributed by atoms with Crippen molar-refractivity contribution in [2.45, 2.75) is 112 Å². The summed E-state index contributed by atoms with van der Waals surface area (Å²) >= 11 is 0. The summed E-state index contributed by atoms with van der Waals surface area (Å²) in [7, 11) is 0. The standard InChI is InChI=1S/C60H66N2/c1-9-26-51-52-33-20-23-36-58(52)61(57(51)12-4)55(10-2)49-40-39-48(56(11-3)62-59-37-24-21-34-53(59)54-35-22-25-38-60(54)62)42(7)46-30-17-16-28-44(46)27-14-13-15-29-45(41(5)6)50-32-19-18-31-47(50)43(49)8/h9-12,16-22,24-26,28,30-35,37-38,41,45H,4,13-15,23,27,29,36,39-40H2,1-3,5-8H3/b26-9-,48-42+,49-43+,55-10+,56-11+. The first-order valence-corrected chi connectivity index (χ1v) is 23.4. The van der Waals surface area contributed by atoms with Crippen LogP contribution in [0.3, 0.4) is 0 Å². The minimum Gasteiger partial charge on any atom is -0.313 e. The molecule has 0 N–H and O–H groups in total. The van der Waals surface area contributed by atoms with Crippen LogP contribution in [-0.4, -0.2) is 9.13 Å². The number of aromatic nitrogens is 2. The molecule has 2 nitrogen and oxygen atoms in total. The van der Waals surface area contributed by atoms with Gasteiger partial charge in [0, 0.05) is 39.0 Å². The topological polar surface area (TPSA) is 9.86 Å². The van der Waals surface area contributed by atoms with Gasteiger partial charge in [0.2, 0.25) is 0 Å². The van der Waals surface area contributed by atoms with Crippen LogP contribution in [0.15, 0.2) is 139 Å². The first kappa shape index (κ1) is 42.8. The molecule has 0 saturated carbocycles. The number of allylic oxidation sites excluding steroid dienone is 10. The molecule has 2 heteroatoms. The van der Waals surface area contributed by atoms with E-state index in [1.165, 1.54) is 126 Å². The van der Waals surface area contributed by atoms with Gasteiger partial charge in [-0.05, 0) is 154 Å². The molecular weight excluding hydrogens is 749 g/mol. The Morgan fingerprint density at radius 2 is 1.26 bits per heavy atom. The molecule has 316 valence electrons. The summed E-state index contributed by atoms with van der Waals surface area (Å²) in [6.07, 6.45) is 25.7. The van der Waals surface area contributed by atoms with Gasteiger partial charge in [-0.2, -0.15) is 0 Å². The largest absolute Gasteiger partial charge is 0.313 e. The molecule has 0 saturated heterocycles. The molecular formula is C60H66N2. The molecule has 2 aliphatic carbocycles. The Morgan fingerprint density at radius 3 is 1.90 bits per heavy atom. The van der Waals surface area contributed by atoms with Crippen molar-refractivity contribution in [2.24, 2.45) is 5.92 Å². The molecule has 0 amide bonds. The number of fused-ring (bicyclic) bond motifs is 6. The van der Waals surface area contributed by atoms with Gasteiger partial charge < -0.3 is 9.13 Å². The summed E-state index contributed by atoms with van der Waals surface area (Å²) < 4.78 is 5.13. The molecule has 62 heavy (non-hydrogen) atoms. The van der Waals surface area contributed by atoms with Gasteiger partial charge >= 0.3 is 0 Å². The van der Waals surface area contributed by atoms with Crippen LogP contribution >= 0.6 is 0 Å². The third-order valence-electron chi connectivity index (χ3n) is 14.0. The Hall–Kier alpha value is -5.86. The SMILES string of the molecule is C=Cc1c(/C=C\C)c2c(n1C(=C/C)/C1=C(\C)c3ccccc3C(C(C)C)CCCCCc3ccccc3/C(C)=C(/C(=C\C)n3c4ccccc4c4ccccc43)CC1)CCC=C2. The quantitative estimate of drug-likeness (QED) is 0.152. The van der Waals surface area contributed by atoms with E-state index in [1.54, 1.807) is 0 Å². The zero-order valence-electron chi connectivity index (χ0n) is 38.4. The van der Waals surface area contributed by atoms with Gasteiger partial charge in [-0.25, -0.2) is 0 Å². The van der Waals surface area contributed by atoms with Gasteiger partial charge in [0.15, 0.2) is 0 Å². The average molecular weight is 815 g/mol. The van der Waals surface area contributed by atoms with Gasteiger partial charge in [-0.15, -0.1) is 0 Å². The Balaban J connectivity index is 1.42. The van der Waals surface area contributed by atoms with Gasteiger partial charge in [-0.3, -0.25) is 0 Å². The van der Waals surface area contributed by atoms with Crippen molar-refractivity contribution < 1.29 is 0 Å². The van der Waals surface area contributed by atoms with E-state index < -0.39 is 0 Å². The number of aryl methyl sites for hydroxylation is 1. The van der Waals surface area contributed by atoms with Crippen LogP contribution in [0, 0.1) is 5.92 Å². The van der Waals surface area contributed by atoms with E-state index in [-0.39, 0.29) is 0 Å². The lowest BCUT2D eigenvalue weighted by Crippen LogP contribution is -2.13. The number of hydrogen-bond donors (Lipinski definition) is 0. The fraction of sp³-hybridized carbons (Fsp3) is 0.300. The zero-order valence-corrected chi connectivity index (χ0v) is 38.4. The molecule has 2 aromatic heterocycles. The van der Waals surface area contributed by atoms with Crippen molar-refractivity contribution in [1.82, 2.24) is 9.13 Å². The second-order valence-corrected chi connectivity index (χ2v) is 17.8.